The third-order valence-corrected chi connectivity index (χ3v) is 5.26. The molecule has 1 aromatic rings. The van der Waals surface area contributed by atoms with E-state index in [4.69, 9.17) is 4.74 Å². The van der Waals surface area contributed by atoms with Crippen LogP contribution in [0.25, 0.3) is 0 Å². The number of nitrogens with one attached hydrogen (secondary N) is 1. The first-order valence-electron chi connectivity index (χ1n) is 9.43. The van der Waals surface area contributed by atoms with E-state index in [0.29, 0.717) is 12.6 Å². The third kappa shape index (κ3) is 5.67. The number of rotatable bonds is 6. The number of alkyl halides is 3. The number of piperidine rings is 1. The molecule has 0 aliphatic carbocycles. The van der Waals surface area contributed by atoms with Crippen LogP contribution in [0, 0.1) is 0 Å². The maximum atomic E-state index is 12.8. The van der Waals surface area contributed by atoms with Crippen molar-refractivity contribution in [1.82, 2.24) is 15.1 Å². The standard InChI is InChI=1S/C19H28F3N3O/c20-19(21,22)17-5-3-16(4-6-17)15-25(18-2-1-7-23-14-18)9-8-24-10-12-26-13-11-24/h3-6,18,23H,1-2,7-15H2. The predicted molar refractivity (Wildman–Crippen MR) is 95.0 cm³/mol. The maximum absolute atomic E-state index is 12.8. The molecule has 4 nitrogen and oxygen atoms in total. The number of hydrogen-bond acceptors (Lipinski definition) is 4. The fourth-order valence-corrected chi connectivity index (χ4v) is 3.66. The summed E-state index contributed by atoms with van der Waals surface area (Å²) >= 11 is 0. The van der Waals surface area contributed by atoms with E-state index in [1.807, 2.05) is 0 Å². The first-order chi connectivity index (χ1) is 12.5. The van der Waals surface area contributed by atoms with Gasteiger partial charge in [-0.1, -0.05) is 12.1 Å². The van der Waals surface area contributed by atoms with Crippen LogP contribution in [0.3, 0.4) is 0 Å². The molecule has 2 saturated heterocycles. The molecule has 0 amide bonds. The Balaban J connectivity index is 1.62. The molecule has 146 valence electrons. The quantitative estimate of drug-likeness (QED) is 0.832. The number of benzene rings is 1. The highest BCUT2D eigenvalue weighted by molar-refractivity contribution is 5.24. The fraction of sp³-hybridized carbons (Fsp3) is 0.684. The Morgan fingerprint density at radius 2 is 1.88 bits per heavy atom. The van der Waals surface area contributed by atoms with Crippen molar-refractivity contribution in [2.45, 2.75) is 31.6 Å². The van der Waals surface area contributed by atoms with Crippen molar-refractivity contribution in [3.05, 3.63) is 35.4 Å². The zero-order chi connectivity index (χ0) is 18.4. The van der Waals surface area contributed by atoms with Crippen molar-refractivity contribution in [3.8, 4) is 0 Å². The first kappa shape index (κ1) is 19.6. The molecule has 26 heavy (non-hydrogen) atoms. The van der Waals surface area contributed by atoms with E-state index in [0.717, 1.165) is 70.9 Å². The molecule has 2 fully saturated rings. The molecule has 0 aromatic heterocycles. The minimum atomic E-state index is -4.28. The Morgan fingerprint density at radius 3 is 2.50 bits per heavy atom. The van der Waals surface area contributed by atoms with Crippen molar-refractivity contribution in [2.24, 2.45) is 0 Å². The van der Waals surface area contributed by atoms with Gasteiger partial charge in [0.2, 0.25) is 0 Å². The number of ether oxygens (including phenoxy) is 1. The average molecular weight is 371 g/mol. The van der Waals surface area contributed by atoms with Crippen LogP contribution >= 0.6 is 0 Å². The SMILES string of the molecule is FC(F)(F)c1ccc(CN(CCN2CCOCC2)C2CCCNC2)cc1. The van der Waals surface area contributed by atoms with Crippen LogP contribution in [-0.2, 0) is 17.5 Å². The molecule has 0 radical (unpaired) electrons. The van der Waals surface area contributed by atoms with Gasteiger partial charge in [0.1, 0.15) is 0 Å². The lowest BCUT2D eigenvalue weighted by molar-refractivity contribution is -0.137. The summed E-state index contributed by atoms with van der Waals surface area (Å²) < 4.78 is 43.7. The van der Waals surface area contributed by atoms with E-state index in [1.54, 1.807) is 12.1 Å². The second kappa shape index (κ2) is 9.17. The van der Waals surface area contributed by atoms with Gasteiger partial charge in [-0.15, -0.1) is 0 Å². The lowest BCUT2D eigenvalue weighted by atomic mass is 10.0. The van der Waals surface area contributed by atoms with Crippen LogP contribution in [0.15, 0.2) is 24.3 Å². The summed E-state index contributed by atoms with van der Waals surface area (Å²) in [6, 6.07) is 6.04. The maximum Gasteiger partial charge on any atom is 0.416 e. The second-order valence-electron chi connectivity index (χ2n) is 7.12. The normalized spacial score (nSPS) is 22.7. The Bertz CT molecular complexity index is 538. The molecule has 1 N–H and O–H groups in total. The molecule has 1 atom stereocenters. The summed E-state index contributed by atoms with van der Waals surface area (Å²) in [6.07, 6.45) is -2.00. The molecule has 0 saturated carbocycles. The Morgan fingerprint density at radius 1 is 1.15 bits per heavy atom. The van der Waals surface area contributed by atoms with Gasteiger partial charge in [-0.25, -0.2) is 0 Å². The van der Waals surface area contributed by atoms with E-state index >= 15 is 0 Å². The predicted octanol–water partition coefficient (Wildman–Crippen LogP) is 2.59. The van der Waals surface area contributed by atoms with Crippen LogP contribution in [-0.4, -0.2) is 68.3 Å². The molecule has 2 heterocycles. The number of nitrogens with zero attached hydrogens (tertiary/aromatic N) is 2. The molecule has 1 aromatic carbocycles. The van der Waals surface area contributed by atoms with Gasteiger partial charge in [0.15, 0.2) is 0 Å². The minimum absolute atomic E-state index is 0.437. The van der Waals surface area contributed by atoms with Crippen molar-refractivity contribution in [2.75, 3.05) is 52.5 Å². The molecule has 7 heteroatoms. The summed E-state index contributed by atoms with van der Waals surface area (Å²) in [6.45, 7) is 8.06. The Labute approximate surface area is 153 Å². The summed E-state index contributed by atoms with van der Waals surface area (Å²) in [5.74, 6) is 0. The number of halogens is 3. The van der Waals surface area contributed by atoms with Crippen molar-refractivity contribution >= 4 is 0 Å². The van der Waals surface area contributed by atoms with E-state index in [2.05, 4.69) is 15.1 Å². The molecule has 0 bridgehead atoms. The van der Waals surface area contributed by atoms with Gasteiger partial charge in [-0.2, -0.15) is 13.2 Å². The zero-order valence-corrected chi connectivity index (χ0v) is 15.1. The van der Waals surface area contributed by atoms with Gasteiger partial charge < -0.3 is 10.1 Å². The van der Waals surface area contributed by atoms with E-state index < -0.39 is 11.7 Å². The molecular formula is C19H28F3N3O. The van der Waals surface area contributed by atoms with Crippen molar-refractivity contribution in [3.63, 3.8) is 0 Å². The Kier molecular flexibility index (Phi) is 6.92. The topological polar surface area (TPSA) is 27.7 Å². The smallest absolute Gasteiger partial charge is 0.379 e. The molecule has 0 spiro atoms. The zero-order valence-electron chi connectivity index (χ0n) is 15.1. The lowest BCUT2D eigenvalue weighted by Gasteiger charge is -2.37. The van der Waals surface area contributed by atoms with Gasteiger partial charge in [0, 0.05) is 45.3 Å². The van der Waals surface area contributed by atoms with E-state index in [1.165, 1.54) is 12.1 Å². The fourth-order valence-electron chi connectivity index (χ4n) is 3.66. The highest BCUT2D eigenvalue weighted by Crippen LogP contribution is 2.29. The summed E-state index contributed by atoms with van der Waals surface area (Å²) in [7, 11) is 0. The summed E-state index contributed by atoms with van der Waals surface area (Å²) in [5.41, 5.74) is 0.353. The molecular weight excluding hydrogens is 343 g/mol. The highest BCUT2D eigenvalue weighted by Gasteiger charge is 2.30. The summed E-state index contributed by atoms with van der Waals surface area (Å²) in [5, 5.41) is 3.44. The van der Waals surface area contributed by atoms with Crippen LogP contribution in [0.4, 0.5) is 13.2 Å². The van der Waals surface area contributed by atoms with Crippen LogP contribution in [0.2, 0.25) is 0 Å². The second-order valence-corrected chi connectivity index (χ2v) is 7.12. The van der Waals surface area contributed by atoms with Gasteiger partial charge in [0.05, 0.1) is 18.8 Å². The van der Waals surface area contributed by atoms with Crippen molar-refractivity contribution in [1.29, 1.82) is 0 Å². The molecule has 1 unspecified atom stereocenters. The van der Waals surface area contributed by atoms with Gasteiger partial charge in [-0.3, -0.25) is 9.80 Å². The number of morpholine rings is 1. The number of hydrogen-bond donors (Lipinski definition) is 1. The summed E-state index contributed by atoms with van der Waals surface area (Å²) in [4.78, 5) is 4.82. The molecule has 2 aliphatic heterocycles. The van der Waals surface area contributed by atoms with E-state index in [-0.39, 0.29) is 0 Å². The van der Waals surface area contributed by atoms with Gasteiger partial charge in [0.25, 0.3) is 0 Å². The average Bonchev–Trinajstić information content (AvgIpc) is 2.66. The van der Waals surface area contributed by atoms with Gasteiger partial charge >= 0.3 is 6.18 Å². The third-order valence-electron chi connectivity index (χ3n) is 5.26. The Hall–Kier alpha value is -1.15. The monoisotopic (exact) mass is 371 g/mol. The lowest BCUT2D eigenvalue weighted by Crippen LogP contribution is -2.49. The molecule has 2 aliphatic rings. The molecule has 3 rings (SSSR count). The van der Waals surface area contributed by atoms with Crippen LogP contribution in [0.1, 0.15) is 24.0 Å². The van der Waals surface area contributed by atoms with Crippen LogP contribution in [0.5, 0.6) is 0 Å². The van der Waals surface area contributed by atoms with Gasteiger partial charge in [-0.05, 0) is 37.1 Å². The highest BCUT2D eigenvalue weighted by atomic mass is 19.4. The first-order valence-corrected chi connectivity index (χ1v) is 9.43. The largest absolute Gasteiger partial charge is 0.416 e. The van der Waals surface area contributed by atoms with E-state index in [9.17, 15) is 13.2 Å². The minimum Gasteiger partial charge on any atom is -0.379 e. The van der Waals surface area contributed by atoms with Crippen molar-refractivity contribution < 1.29 is 17.9 Å². The van der Waals surface area contributed by atoms with Crippen LogP contribution < -0.4 is 5.32 Å².